The number of aromatic nitrogens is 2. The fourth-order valence-electron chi connectivity index (χ4n) is 1.01. The molecule has 0 atom stereocenters. The summed E-state index contributed by atoms with van der Waals surface area (Å²) >= 11 is 0. The molecule has 0 spiro atoms. The van der Waals surface area contributed by atoms with Gasteiger partial charge in [-0.1, -0.05) is 4.85 Å². The molecule has 82 valence electrons. The zero-order valence-electron chi connectivity index (χ0n) is 8.81. The van der Waals surface area contributed by atoms with Crippen molar-refractivity contribution >= 4 is 11.9 Å². The van der Waals surface area contributed by atoms with Gasteiger partial charge in [-0.3, -0.25) is 0 Å². The van der Waals surface area contributed by atoms with Gasteiger partial charge in [-0.05, 0) is 19.9 Å². The van der Waals surface area contributed by atoms with E-state index in [-0.39, 0.29) is 12.3 Å². The number of hydrogen-bond acceptors (Lipinski definition) is 5. The Morgan fingerprint density at radius 2 is 2.20 bits per heavy atom. The number of aryl methyl sites for hydroxylation is 1. The van der Waals surface area contributed by atoms with Gasteiger partial charge in [0, 0.05) is 6.92 Å². The summed E-state index contributed by atoms with van der Waals surface area (Å²) in [6.07, 6.45) is 0. The van der Waals surface area contributed by atoms with Crippen LogP contribution in [0.4, 0.5) is 0 Å². The van der Waals surface area contributed by atoms with E-state index in [1.165, 1.54) is 13.0 Å². The van der Waals surface area contributed by atoms with Crippen molar-refractivity contribution in [3.8, 4) is 0 Å². The van der Waals surface area contributed by atoms with E-state index in [0.717, 1.165) is 4.85 Å². The maximum absolute atomic E-state index is 11.4. The van der Waals surface area contributed by atoms with E-state index in [9.17, 15) is 9.59 Å². The van der Waals surface area contributed by atoms with Gasteiger partial charge in [0.2, 0.25) is 0 Å². The molecular weight excluding hydrogens is 200 g/mol. The Morgan fingerprint density at radius 3 is 2.73 bits per heavy atom. The molecule has 0 bridgehead atoms. The molecule has 0 aromatic carbocycles. The van der Waals surface area contributed by atoms with Crippen molar-refractivity contribution in [1.29, 1.82) is 0 Å². The molecule has 0 N–H and O–H groups in total. The molecule has 1 aromatic heterocycles. The monoisotopic (exact) mass is 212 g/mol. The minimum atomic E-state index is -0.570. The minimum Gasteiger partial charge on any atom is -0.461 e. The number of hydrogen-bond donors (Lipinski definition) is 0. The first-order valence-corrected chi connectivity index (χ1v) is 4.47. The molecule has 0 aliphatic heterocycles. The van der Waals surface area contributed by atoms with Gasteiger partial charge in [0.1, 0.15) is 0 Å². The topological polar surface area (TPSA) is 70.4 Å². The van der Waals surface area contributed by atoms with Crippen LogP contribution >= 0.6 is 0 Å². The van der Waals surface area contributed by atoms with E-state index in [4.69, 9.17) is 9.57 Å². The Kier molecular flexibility index (Phi) is 3.43. The quantitative estimate of drug-likeness (QED) is 0.676. The average molecular weight is 212 g/mol. The molecule has 0 amide bonds. The van der Waals surface area contributed by atoms with E-state index >= 15 is 0 Å². The van der Waals surface area contributed by atoms with E-state index in [2.05, 4.69) is 5.10 Å². The van der Waals surface area contributed by atoms with Gasteiger partial charge in [0.25, 0.3) is 0 Å². The summed E-state index contributed by atoms with van der Waals surface area (Å²) in [6, 6.07) is 1.49. The van der Waals surface area contributed by atoms with E-state index in [0.29, 0.717) is 5.69 Å². The lowest BCUT2D eigenvalue weighted by Gasteiger charge is -2.04. The van der Waals surface area contributed by atoms with Gasteiger partial charge in [0.05, 0.1) is 12.3 Å². The second-order valence-electron chi connectivity index (χ2n) is 2.85. The molecule has 15 heavy (non-hydrogen) atoms. The van der Waals surface area contributed by atoms with Crippen molar-refractivity contribution in [2.75, 3.05) is 6.61 Å². The second-order valence-corrected chi connectivity index (χ2v) is 2.85. The summed E-state index contributed by atoms with van der Waals surface area (Å²) in [5, 5.41) is 3.83. The third-order valence-corrected chi connectivity index (χ3v) is 1.50. The van der Waals surface area contributed by atoms with Crippen LogP contribution in [0, 0.1) is 6.92 Å². The van der Waals surface area contributed by atoms with E-state index in [1.807, 2.05) is 0 Å². The number of rotatable bonds is 3. The predicted molar refractivity (Wildman–Crippen MR) is 50.2 cm³/mol. The number of ether oxygens (including phenoxy) is 1. The van der Waals surface area contributed by atoms with Crippen LogP contribution in [0.1, 0.15) is 30.0 Å². The molecule has 1 heterocycles. The Labute approximate surface area is 86.7 Å². The zero-order valence-corrected chi connectivity index (χ0v) is 8.81. The molecule has 0 radical (unpaired) electrons. The summed E-state index contributed by atoms with van der Waals surface area (Å²) in [5.74, 6) is -1.12. The molecule has 0 saturated heterocycles. The molecule has 0 unspecified atom stereocenters. The molecule has 0 aliphatic rings. The summed E-state index contributed by atoms with van der Waals surface area (Å²) < 4.78 is 4.77. The average Bonchev–Trinajstić information content (AvgIpc) is 2.46. The standard InChI is InChI=1S/C9H12N2O4/c1-4-14-9(13)8-5-6(2)10-11(8)15-7(3)12/h5H,4H2,1-3H3. The minimum absolute atomic E-state index is 0.101. The van der Waals surface area contributed by atoms with Crippen molar-refractivity contribution in [3.63, 3.8) is 0 Å². The zero-order chi connectivity index (χ0) is 11.4. The molecule has 1 aromatic rings. The molecule has 6 nitrogen and oxygen atoms in total. The number of esters is 1. The van der Waals surface area contributed by atoms with Gasteiger partial charge in [-0.2, -0.15) is 0 Å². The Bertz CT molecular complexity index is 383. The number of carbonyl (C=O) groups is 2. The molecule has 0 fully saturated rings. The van der Waals surface area contributed by atoms with Gasteiger partial charge in [-0.25, -0.2) is 9.59 Å². The largest absolute Gasteiger partial charge is 0.461 e. The Morgan fingerprint density at radius 1 is 1.53 bits per heavy atom. The first-order chi connectivity index (χ1) is 7.04. The van der Waals surface area contributed by atoms with E-state index in [1.54, 1.807) is 13.8 Å². The van der Waals surface area contributed by atoms with Crippen molar-refractivity contribution in [3.05, 3.63) is 17.5 Å². The van der Waals surface area contributed by atoms with Gasteiger partial charge < -0.3 is 9.57 Å². The maximum atomic E-state index is 11.4. The smallest absolute Gasteiger partial charge is 0.360 e. The number of carbonyl (C=O) groups excluding carboxylic acids is 2. The normalized spacial score (nSPS) is 9.80. The molecule has 0 saturated carbocycles. The first kappa shape index (κ1) is 11.2. The molecule has 0 aliphatic carbocycles. The van der Waals surface area contributed by atoms with Crippen LogP contribution in [0.5, 0.6) is 0 Å². The van der Waals surface area contributed by atoms with Crippen LogP contribution in [0.15, 0.2) is 6.07 Å². The Hall–Kier alpha value is -1.85. The Balaban J connectivity index is 2.95. The lowest BCUT2D eigenvalue weighted by Crippen LogP contribution is -2.23. The van der Waals surface area contributed by atoms with Crippen molar-refractivity contribution in [2.24, 2.45) is 0 Å². The highest BCUT2D eigenvalue weighted by atomic mass is 16.7. The van der Waals surface area contributed by atoms with Gasteiger partial charge in [0.15, 0.2) is 5.69 Å². The fourth-order valence-corrected chi connectivity index (χ4v) is 1.01. The van der Waals surface area contributed by atoms with Crippen LogP contribution in [0.2, 0.25) is 0 Å². The summed E-state index contributed by atoms with van der Waals surface area (Å²) in [7, 11) is 0. The van der Waals surface area contributed by atoms with Crippen molar-refractivity contribution in [2.45, 2.75) is 20.8 Å². The maximum Gasteiger partial charge on any atom is 0.360 e. The highest BCUT2D eigenvalue weighted by molar-refractivity contribution is 5.87. The first-order valence-electron chi connectivity index (χ1n) is 4.47. The van der Waals surface area contributed by atoms with Crippen LogP contribution in [-0.2, 0) is 9.53 Å². The summed E-state index contributed by atoms with van der Waals surface area (Å²) in [6.45, 7) is 4.86. The lowest BCUT2D eigenvalue weighted by atomic mass is 10.4. The van der Waals surface area contributed by atoms with Gasteiger partial charge >= 0.3 is 11.9 Å². The van der Waals surface area contributed by atoms with Crippen LogP contribution < -0.4 is 4.84 Å². The third-order valence-electron chi connectivity index (χ3n) is 1.50. The van der Waals surface area contributed by atoms with Crippen molar-refractivity contribution in [1.82, 2.24) is 9.94 Å². The van der Waals surface area contributed by atoms with Gasteiger partial charge in [-0.15, -0.1) is 5.10 Å². The van der Waals surface area contributed by atoms with Crippen molar-refractivity contribution < 1.29 is 19.2 Å². The molecular formula is C9H12N2O4. The summed E-state index contributed by atoms with van der Waals surface area (Å²) in [5.41, 5.74) is 0.670. The highest BCUT2D eigenvalue weighted by Gasteiger charge is 2.17. The molecule has 6 heteroatoms. The molecule has 1 rings (SSSR count). The second kappa shape index (κ2) is 4.59. The van der Waals surface area contributed by atoms with Crippen LogP contribution in [0.3, 0.4) is 0 Å². The summed E-state index contributed by atoms with van der Waals surface area (Å²) in [4.78, 5) is 27.7. The third kappa shape index (κ3) is 2.80. The predicted octanol–water partition coefficient (Wildman–Crippen LogP) is 0.343. The fraction of sp³-hybridized carbons (Fsp3) is 0.444. The number of nitrogens with zero attached hydrogens (tertiary/aromatic N) is 2. The van der Waals surface area contributed by atoms with Crippen LogP contribution in [-0.4, -0.2) is 28.5 Å². The van der Waals surface area contributed by atoms with Crippen LogP contribution in [0.25, 0.3) is 0 Å². The SMILES string of the molecule is CCOC(=O)c1cc(C)nn1OC(C)=O. The lowest BCUT2D eigenvalue weighted by molar-refractivity contribution is -0.143. The van der Waals surface area contributed by atoms with E-state index < -0.39 is 11.9 Å². The highest BCUT2D eigenvalue weighted by Crippen LogP contribution is 2.04.